The lowest BCUT2D eigenvalue weighted by molar-refractivity contribution is -0.120. The van der Waals surface area contributed by atoms with Gasteiger partial charge in [0.2, 0.25) is 17.6 Å². The number of nitrogens with zero attached hydrogens (tertiary/aromatic N) is 1. The maximum Gasteiger partial charge on any atom is 0.258 e. The molecule has 0 saturated heterocycles. The Morgan fingerprint density at radius 3 is 2.28 bits per heavy atom. The topological polar surface area (TPSA) is 98.2 Å². The summed E-state index contributed by atoms with van der Waals surface area (Å²) >= 11 is 5.91. The molecule has 2 N–H and O–H groups in total. The number of aliphatic imine (C=N–C) groups is 1. The van der Waals surface area contributed by atoms with E-state index in [9.17, 15) is 9.59 Å². The fourth-order valence-electron chi connectivity index (χ4n) is 2.93. The molecule has 3 rings (SSSR count). The number of carbonyl (C=O) groups excluding carboxylic acids is 2. The molecule has 1 atom stereocenters. The van der Waals surface area contributed by atoms with Gasteiger partial charge in [-0.05, 0) is 29.8 Å². The van der Waals surface area contributed by atoms with Crippen molar-refractivity contribution < 1.29 is 23.8 Å². The van der Waals surface area contributed by atoms with Gasteiger partial charge in [-0.1, -0.05) is 23.7 Å². The number of amides is 2. The van der Waals surface area contributed by atoms with Gasteiger partial charge in [0, 0.05) is 10.6 Å². The van der Waals surface area contributed by atoms with E-state index in [0.29, 0.717) is 22.3 Å². The van der Waals surface area contributed by atoms with Crippen LogP contribution < -0.4 is 24.8 Å². The minimum absolute atomic E-state index is 0.0694. The number of halogens is 1. The summed E-state index contributed by atoms with van der Waals surface area (Å²) in [5, 5.41) is 5.78. The fraction of sp³-hybridized carbons (Fsp3) is 0.250. The van der Waals surface area contributed by atoms with Gasteiger partial charge < -0.3 is 14.2 Å². The Balaban J connectivity index is 1.85. The summed E-state index contributed by atoms with van der Waals surface area (Å²) in [6.45, 7) is 0. The molecule has 152 valence electrons. The van der Waals surface area contributed by atoms with E-state index >= 15 is 0 Å². The van der Waals surface area contributed by atoms with Crippen LogP contribution in [0.5, 0.6) is 17.2 Å². The van der Waals surface area contributed by atoms with E-state index in [1.165, 1.54) is 33.5 Å². The quantitative estimate of drug-likeness (QED) is 0.779. The lowest BCUT2D eigenvalue weighted by Gasteiger charge is -2.21. The molecule has 2 aromatic carbocycles. The van der Waals surface area contributed by atoms with Crippen molar-refractivity contribution in [1.82, 2.24) is 10.6 Å². The van der Waals surface area contributed by atoms with Crippen LogP contribution in [0.25, 0.3) is 0 Å². The molecule has 1 aliphatic heterocycles. The summed E-state index contributed by atoms with van der Waals surface area (Å²) in [5.41, 5.74) is 1.08. The largest absolute Gasteiger partial charge is 0.493 e. The van der Waals surface area contributed by atoms with Crippen LogP contribution in [0, 0.1) is 0 Å². The van der Waals surface area contributed by atoms with E-state index in [2.05, 4.69) is 15.6 Å². The maximum absolute atomic E-state index is 12.7. The Morgan fingerprint density at radius 2 is 1.72 bits per heavy atom. The zero-order valence-corrected chi connectivity index (χ0v) is 16.9. The molecule has 0 spiro atoms. The molecule has 8 nitrogen and oxygen atoms in total. The summed E-state index contributed by atoms with van der Waals surface area (Å²) in [4.78, 5) is 29.3. The van der Waals surface area contributed by atoms with Crippen molar-refractivity contribution in [1.29, 1.82) is 0 Å². The minimum atomic E-state index is -0.486. The predicted molar refractivity (Wildman–Crippen MR) is 108 cm³/mol. The number of nitrogens with one attached hydrogen (secondary N) is 2. The number of benzene rings is 2. The number of hydrogen-bond acceptors (Lipinski definition) is 6. The minimum Gasteiger partial charge on any atom is -0.493 e. The van der Waals surface area contributed by atoms with Gasteiger partial charge in [-0.2, -0.15) is 0 Å². The van der Waals surface area contributed by atoms with E-state index in [4.69, 9.17) is 25.8 Å². The molecular weight excluding hydrogens is 398 g/mol. The van der Waals surface area contributed by atoms with Crippen molar-refractivity contribution in [3.63, 3.8) is 0 Å². The molecule has 0 aromatic heterocycles. The van der Waals surface area contributed by atoms with Gasteiger partial charge in [0.25, 0.3) is 5.91 Å². The normalized spacial score (nSPS) is 15.8. The lowest BCUT2D eigenvalue weighted by atomic mass is 10.0. The predicted octanol–water partition coefficient (Wildman–Crippen LogP) is 2.71. The molecule has 1 aliphatic rings. The molecule has 9 heteroatoms. The number of hydrogen-bond donors (Lipinski definition) is 2. The molecule has 0 radical (unpaired) electrons. The van der Waals surface area contributed by atoms with Gasteiger partial charge in [-0.3, -0.25) is 20.2 Å². The third-order valence-electron chi connectivity index (χ3n) is 4.34. The smallest absolute Gasteiger partial charge is 0.258 e. The zero-order valence-electron chi connectivity index (χ0n) is 16.1. The van der Waals surface area contributed by atoms with Crippen molar-refractivity contribution >= 4 is 29.4 Å². The number of methoxy groups -OCH3 is 3. The monoisotopic (exact) mass is 417 g/mol. The van der Waals surface area contributed by atoms with Crippen LogP contribution in [0.3, 0.4) is 0 Å². The van der Waals surface area contributed by atoms with Crippen LogP contribution in [0.15, 0.2) is 41.4 Å². The van der Waals surface area contributed by atoms with E-state index in [0.717, 1.165) is 5.56 Å². The average Bonchev–Trinajstić information content (AvgIpc) is 2.72. The Labute approximate surface area is 172 Å². The number of guanidine groups is 1. The first-order valence-corrected chi connectivity index (χ1v) is 9.07. The van der Waals surface area contributed by atoms with Crippen molar-refractivity contribution in [3.05, 3.63) is 52.5 Å². The van der Waals surface area contributed by atoms with Crippen LogP contribution in [-0.4, -0.2) is 39.1 Å². The van der Waals surface area contributed by atoms with Gasteiger partial charge in [0.1, 0.15) is 0 Å². The highest BCUT2D eigenvalue weighted by atomic mass is 35.5. The third-order valence-corrected chi connectivity index (χ3v) is 4.59. The Morgan fingerprint density at radius 1 is 1.10 bits per heavy atom. The molecule has 2 aromatic rings. The van der Waals surface area contributed by atoms with Crippen molar-refractivity contribution in [2.75, 3.05) is 21.3 Å². The molecular formula is C20H20ClN3O5. The van der Waals surface area contributed by atoms with Crippen molar-refractivity contribution in [3.8, 4) is 17.2 Å². The number of carbonyl (C=O) groups is 2. The van der Waals surface area contributed by atoms with E-state index in [1.807, 2.05) is 0 Å². The Hall–Kier alpha value is -3.26. The van der Waals surface area contributed by atoms with Gasteiger partial charge in [0.15, 0.2) is 11.5 Å². The Bertz CT molecular complexity index is 934. The van der Waals surface area contributed by atoms with Gasteiger partial charge in [-0.25, -0.2) is 4.99 Å². The van der Waals surface area contributed by atoms with E-state index < -0.39 is 11.9 Å². The van der Waals surface area contributed by atoms with Crippen LogP contribution in [0.2, 0.25) is 5.02 Å². The highest BCUT2D eigenvalue weighted by molar-refractivity contribution is 6.30. The summed E-state index contributed by atoms with van der Waals surface area (Å²) in [5.74, 6) is 0.383. The van der Waals surface area contributed by atoms with Crippen molar-refractivity contribution in [2.45, 2.75) is 12.5 Å². The molecule has 0 fully saturated rings. The lowest BCUT2D eigenvalue weighted by Crippen LogP contribution is -2.47. The summed E-state index contributed by atoms with van der Waals surface area (Å²) in [6.07, 6.45) is 0.172. The van der Waals surface area contributed by atoms with E-state index in [1.54, 1.807) is 24.3 Å². The fourth-order valence-corrected chi connectivity index (χ4v) is 3.05. The summed E-state index contributed by atoms with van der Waals surface area (Å²) < 4.78 is 15.8. The molecule has 2 amide bonds. The third kappa shape index (κ3) is 4.60. The molecule has 0 unspecified atom stereocenters. The molecule has 0 aliphatic carbocycles. The number of rotatable bonds is 5. The first-order chi connectivity index (χ1) is 13.9. The van der Waals surface area contributed by atoms with Crippen LogP contribution in [0.1, 0.15) is 28.4 Å². The molecule has 29 heavy (non-hydrogen) atoms. The summed E-state index contributed by atoms with van der Waals surface area (Å²) in [7, 11) is 4.39. The van der Waals surface area contributed by atoms with Gasteiger partial charge in [-0.15, -0.1) is 0 Å². The molecule has 0 saturated carbocycles. The highest BCUT2D eigenvalue weighted by Gasteiger charge is 2.24. The van der Waals surface area contributed by atoms with E-state index in [-0.39, 0.29) is 23.9 Å². The van der Waals surface area contributed by atoms with Crippen LogP contribution in [0.4, 0.5) is 0 Å². The Kier molecular flexibility index (Phi) is 6.23. The summed E-state index contributed by atoms with van der Waals surface area (Å²) in [6, 6.07) is 9.66. The second-order valence-corrected chi connectivity index (χ2v) is 6.60. The zero-order chi connectivity index (χ0) is 21.0. The maximum atomic E-state index is 12.7. The van der Waals surface area contributed by atoms with Crippen LogP contribution in [-0.2, 0) is 4.79 Å². The second kappa shape index (κ2) is 8.83. The van der Waals surface area contributed by atoms with Crippen LogP contribution >= 0.6 is 11.6 Å². The second-order valence-electron chi connectivity index (χ2n) is 6.17. The average molecular weight is 418 g/mol. The number of ether oxygens (including phenoxy) is 3. The van der Waals surface area contributed by atoms with Gasteiger partial charge >= 0.3 is 0 Å². The molecule has 0 bridgehead atoms. The first-order valence-electron chi connectivity index (χ1n) is 8.69. The van der Waals surface area contributed by atoms with Gasteiger partial charge in [0.05, 0.1) is 33.8 Å². The first kappa shape index (κ1) is 20.5. The van der Waals surface area contributed by atoms with Crippen molar-refractivity contribution in [2.24, 2.45) is 4.99 Å². The SMILES string of the molecule is COc1cc(C(=O)NC2=N[C@@H](c3ccc(Cl)cc3)CC(=O)N2)cc(OC)c1OC. The highest BCUT2D eigenvalue weighted by Crippen LogP contribution is 2.38. The molecule has 1 heterocycles. The standard InChI is InChI=1S/C20H20ClN3O5/c1-27-15-8-12(9-16(28-2)18(15)29-3)19(26)24-20-22-14(10-17(25)23-20)11-4-6-13(21)7-5-11/h4-9,14H,10H2,1-3H3,(H2,22,23,24,25,26)/t14-/m1/s1.